The highest BCUT2D eigenvalue weighted by atomic mass is 16.7. The van der Waals surface area contributed by atoms with Crippen molar-refractivity contribution < 1.29 is 24.1 Å². The molecule has 0 radical (unpaired) electrons. The Morgan fingerprint density at radius 2 is 2.04 bits per heavy atom. The molecule has 6 heteroatoms. The van der Waals surface area contributed by atoms with Crippen molar-refractivity contribution in [2.75, 3.05) is 33.9 Å². The van der Waals surface area contributed by atoms with Crippen LogP contribution >= 0.6 is 0 Å². The van der Waals surface area contributed by atoms with Gasteiger partial charge < -0.3 is 29.0 Å². The maximum atomic E-state index is 12.2. The van der Waals surface area contributed by atoms with Gasteiger partial charge in [-0.05, 0) is 50.9 Å². The van der Waals surface area contributed by atoms with E-state index in [9.17, 15) is 5.11 Å². The average Bonchev–Trinajstić information content (AvgIpc) is 3.30. The number of rotatable bonds is 2. The van der Waals surface area contributed by atoms with Gasteiger partial charge in [-0.3, -0.25) is 0 Å². The Balaban J connectivity index is 1.58. The molecule has 0 aromatic heterocycles. The smallest absolute Gasteiger partial charge is 0.165 e. The van der Waals surface area contributed by atoms with Gasteiger partial charge in [0.25, 0.3) is 0 Å². The molecule has 3 aliphatic heterocycles. The lowest BCUT2D eigenvalue weighted by Crippen LogP contribution is -2.76. The van der Waals surface area contributed by atoms with Crippen LogP contribution < -0.4 is 9.47 Å². The van der Waals surface area contributed by atoms with Crippen LogP contribution in [-0.4, -0.2) is 68.0 Å². The minimum Gasteiger partial charge on any atom is -0.493 e. The topological polar surface area (TPSA) is 60.4 Å². The first-order chi connectivity index (χ1) is 13.1. The first-order valence-corrected chi connectivity index (χ1v) is 10.1. The fourth-order valence-electron chi connectivity index (χ4n) is 6.84. The van der Waals surface area contributed by atoms with Gasteiger partial charge in [0.1, 0.15) is 6.10 Å². The fraction of sp³-hybridized carbons (Fsp3) is 0.714. The number of hydrogen-bond acceptors (Lipinski definition) is 6. The van der Waals surface area contributed by atoms with E-state index in [1.165, 1.54) is 11.1 Å². The van der Waals surface area contributed by atoms with Crippen LogP contribution in [0.2, 0.25) is 0 Å². The molecule has 1 unspecified atom stereocenters. The van der Waals surface area contributed by atoms with E-state index in [0.717, 1.165) is 43.7 Å². The molecule has 1 aromatic carbocycles. The number of likely N-dealkylation sites (tertiary alicyclic amines) is 1. The zero-order valence-corrected chi connectivity index (χ0v) is 15.9. The number of piperidine rings is 1. The summed E-state index contributed by atoms with van der Waals surface area (Å²) in [6.07, 6.45) is 2.98. The summed E-state index contributed by atoms with van der Waals surface area (Å²) >= 11 is 0. The zero-order valence-electron chi connectivity index (χ0n) is 15.9. The summed E-state index contributed by atoms with van der Waals surface area (Å²) < 4.78 is 24.1. The van der Waals surface area contributed by atoms with Gasteiger partial charge >= 0.3 is 0 Å². The summed E-state index contributed by atoms with van der Waals surface area (Å²) in [5.74, 6) is 1.73. The molecule has 1 N–H and O–H groups in total. The molecule has 1 aromatic rings. The van der Waals surface area contributed by atoms with E-state index in [4.69, 9.17) is 18.9 Å². The van der Waals surface area contributed by atoms with Gasteiger partial charge in [0.05, 0.1) is 31.3 Å². The molecule has 146 valence electrons. The van der Waals surface area contributed by atoms with Crippen molar-refractivity contribution in [2.24, 2.45) is 5.92 Å². The third kappa shape index (κ3) is 1.81. The molecule has 6 nitrogen and oxygen atoms in total. The zero-order chi connectivity index (χ0) is 18.4. The number of ether oxygens (including phenoxy) is 4. The molecular formula is C21H27NO5. The molecule has 6 rings (SSSR count). The van der Waals surface area contributed by atoms with Gasteiger partial charge in [0, 0.05) is 17.5 Å². The maximum Gasteiger partial charge on any atom is 0.165 e. The van der Waals surface area contributed by atoms with Crippen molar-refractivity contribution in [3.8, 4) is 11.5 Å². The lowest BCUT2D eigenvalue weighted by atomic mass is 9.47. The van der Waals surface area contributed by atoms with E-state index < -0.39 is 11.0 Å². The van der Waals surface area contributed by atoms with Crippen LogP contribution in [0.5, 0.6) is 11.5 Å². The quantitative estimate of drug-likeness (QED) is 0.847. The van der Waals surface area contributed by atoms with E-state index >= 15 is 0 Å². The summed E-state index contributed by atoms with van der Waals surface area (Å²) in [5, 5.41) is 12.2. The molecule has 2 bridgehead atoms. The molecule has 1 saturated carbocycles. The van der Waals surface area contributed by atoms with E-state index in [2.05, 4.69) is 18.0 Å². The van der Waals surface area contributed by atoms with Crippen LogP contribution in [0.25, 0.3) is 0 Å². The molecule has 3 fully saturated rings. The van der Waals surface area contributed by atoms with Crippen molar-refractivity contribution in [3.63, 3.8) is 0 Å². The first-order valence-electron chi connectivity index (χ1n) is 10.1. The Morgan fingerprint density at radius 3 is 2.81 bits per heavy atom. The summed E-state index contributed by atoms with van der Waals surface area (Å²) in [7, 11) is 3.83. The van der Waals surface area contributed by atoms with Crippen LogP contribution in [0.15, 0.2) is 12.1 Å². The third-order valence-corrected chi connectivity index (χ3v) is 7.98. The summed E-state index contributed by atoms with van der Waals surface area (Å²) in [6, 6.07) is 4.30. The molecule has 1 spiro atoms. The van der Waals surface area contributed by atoms with Crippen LogP contribution in [0.1, 0.15) is 30.4 Å². The molecular weight excluding hydrogens is 346 g/mol. The number of methoxy groups -OCH3 is 1. The highest BCUT2D eigenvalue weighted by Crippen LogP contribution is 2.66. The number of benzene rings is 1. The Morgan fingerprint density at radius 1 is 1.22 bits per heavy atom. The summed E-state index contributed by atoms with van der Waals surface area (Å²) in [4.78, 5) is 2.34. The molecule has 5 aliphatic rings. The van der Waals surface area contributed by atoms with Gasteiger partial charge in [-0.25, -0.2) is 0 Å². The SMILES string of the molecule is COc1ccc2c3c1O[C@H]1C(C4OCCO4)CC[C@@]4(O)[C@@H](C2)N(C)CC[C@]314. The van der Waals surface area contributed by atoms with Gasteiger partial charge in [-0.2, -0.15) is 0 Å². The monoisotopic (exact) mass is 373 g/mol. The van der Waals surface area contributed by atoms with E-state index in [1.54, 1.807) is 7.11 Å². The predicted octanol–water partition coefficient (Wildman–Crippen LogP) is 1.47. The largest absolute Gasteiger partial charge is 0.493 e. The van der Waals surface area contributed by atoms with Gasteiger partial charge in [-0.1, -0.05) is 6.07 Å². The van der Waals surface area contributed by atoms with E-state index in [1.807, 2.05) is 6.07 Å². The fourth-order valence-corrected chi connectivity index (χ4v) is 6.84. The Bertz CT molecular complexity index is 793. The molecule has 3 heterocycles. The second-order valence-electron chi connectivity index (χ2n) is 8.83. The Labute approximate surface area is 159 Å². The predicted molar refractivity (Wildman–Crippen MR) is 97.2 cm³/mol. The standard InChI is InChI=1S/C21H27NO5/c1-22-8-7-20-16-12-3-4-14(24-2)17(16)27-18(20)13(19-25-9-10-26-19)5-6-21(20,23)15(22)11-12/h3-4,13,15,18-19,23H,5-11H2,1-2H3/t13?,15-,18+,20+,21-/m1/s1. The summed E-state index contributed by atoms with van der Waals surface area (Å²) in [6.45, 7) is 2.23. The minimum atomic E-state index is -0.787. The van der Waals surface area contributed by atoms with E-state index in [-0.39, 0.29) is 24.4 Å². The second-order valence-corrected chi connectivity index (χ2v) is 8.83. The van der Waals surface area contributed by atoms with Crippen molar-refractivity contribution in [1.29, 1.82) is 0 Å². The highest BCUT2D eigenvalue weighted by molar-refractivity contribution is 5.62. The van der Waals surface area contributed by atoms with Gasteiger partial charge in [0.15, 0.2) is 17.8 Å². The van der Waals surface area contributed by atoms with Crippen molar-refractivity contribution in [3.05, 3.63) is 23.3 Å². The van der Waals surface area contributed by atoms with Gasteiger partial charge in [-0.15, -0.1) is 0 Å². The normalized spacial score (nSPS) is 42.7. The van der Waals surface area contributed by atoms with Crippen molar-refractivity contribution in [2.45, 2.75) is 55.1 Å². The molecule has 2 saturated heterocycles. The molecule has 5 atom stereocenters. The average molecular weight is 373 g/mol. The lowest BCUT2D eigenvalue weighted by molar-refractivity contribution is -0.221. The van der Waals surface area contributed by atoms with Crippen molar-refractivity contribution >= 4 is 0 Å². The third-order valence-electron chi connectivity index (χ3n) is 7.98. The van der Waals surface area contributed by atoms with Gasteiger partial charge in [0.2, 0.25) is 0 Å². The Hall–Kier alpha value is -1.34. The number of nitrogens with zero attached hydrogens (tertiary/aromatic N) is 1. The van der Waals surface area contributed by atoms with E-state index in [0.29, 0.717) is 13.2 Å². The maximum absolute atomic E-state index is 12.2. The number of hydrogen-bond donors (Lipinski definition) is 1. The Kier molecular flexibility index (Phi) is 3.31. The van der Waals surface area contributed by atoms with Crippen LogP contribution in [-0.2, 0) is 21.3 Å². The lowest BCUT2D eigenvalue weighted by Gasteiger charge is -2.64. The summed E-state index contributed by atoms with van der Waals surface area (Å²) in [5.41, 5.74) is 1.30. The minimum absolute atomic E-state index is 0.121. The number of likely N-dealkylation sites (N-methyl/N-ethyl adjacent to an activating group) is 1. The van der Waals surface area contributed by atoms with Crippen molar-refractivity contribution in [1.82, 2.24) is 4.90 Å². The second kappa shape index (κ2) is 5.38. The highest BCUT2D eigenvalue weighted by Gasteiger charge is 2.73. The molecule has 2 aliphatic carbocycles. The van der Waals surface area contributed by atoms with Crippen LogP contribution in [0.4, 0.5) is 0 Å². The number of aliphatic hydroxyl groups is 1. The first kappa shape index (κ1) is 16.6. The van der Waals surface area contributed by atoms with Crippen LogP contribution in [0.3, 0.4) is 0 Å². The molecule has 0 amide bonds. The van der Waals surface area contributed by atoms with Crippen LogP contribution in [0, 0.1) is 5.92 Å². The molecule has 27 heavy (non-hydrogen) atoms.